The minimum Gasteiger partial charge on any atom is -0.480 e. The number of aryl methyl sites for hydroxylation is 1. The van der Waals surface area contributed by atoms with Gasteiger partial charge in [0.05, 0.1) is 0 Å². The van der Waals surface area contributed by atoms with Gasteiger partial charge in [-0.05, 0) is 44.7 Å². The maximum Gasteiger partial charge on any atom is 0.329 e. The molecule has 1 saturated carbocycles. The Morgan fingerprint density at radius 1 is 1.62 bits per heavy atom. The second-order valence-corrected chi connectivity index (χ2v) is 4.59. The van der Waals surface area contributed by atoms with Gasteiger partial charge < -0.3 is 10.4 Å². The minimum atomic E-state index is -0.853. The molecule has 0 radical (unpaired) electrons. The fraction of sp³-hybridized carbons (Fsp3) is 0.500. The van der Waals surface area contributed by atoms with Gasteiger partial charge in [0.15, 0.2) is 0 Å². The number of carboxylic acid groups (broad SMARTS) is 1. The Morgan fingerprint density at radius 3 is 2.81 bits per heavy atom. The Kier molecular flexibility index (Phi) is 2.58. The van der Waals surface area contributed by atoms with E-state index in [4.69, 9.17) is 0 Å². The molecule has 1 heterocycles. The average molecular weight is 220 g/mol. The predicted molar refractivity (Wildman–Crippen MR) is 61.4 cm³/mol. The van der Waals surface area contributed by atoms with Crippen molar-refractivity contribution in [2.45, 2.75) is 32.2 Å². The number of rotatable bonds is 4. The highest BCUT2D eigenvalue weighted by molar-refractivity contribution is 5.83. The van der Waals surface area contributed by atoms with Crippen LogP contribution in [-0.2, 0) is 4.79 Å². The summed E-state index contributed by atoms with van der Waals surface area (Å²) in [5.74, 6) is -0.553. The van der Waals surface area contributed by atoms with Crippen LogP contribution >= 0.6 is 0 Å². The van der Waals surface area contributed by atoms with Gasteiger partial charge in [-0.25, -0.2) is 4.79 Å². The van der Waals surface area contributed by atoms with E-state index in [1.165, 1.54) is 0 Å². The van der Waals surface area contributed by atoms with Crippen LogP contribution in [0.3, 0.4) is 0 Å². The number of carbonyl (C=O) groups is 1. The van der Waals surface area contributed by atoms with Gasteiger partial charge in [0.1, 0.15) is 5.54 Å². The molecular weight excluding hydrogens is 204 g/mol. The van der Waals surface area contributed by atoms with Crippen LogP contribution in [0.25, 0.3) is 0 Å². The number of nitrogens with zero attached hydrogens (tertiary/aromatic N) is 1. The summed E-state index contributed by atoms with van der Waals surface area (Å²) < 4.78 is 0. The third kappa shape index (κ3) is 2.01. The van der Waals surface area contributed by atoms with E-state index < -0.39 is 11.5 Å². The molecule has 16 heavy (non-hydrogen) atoms. The van der Waals surface area contributed by atoms with Gasteiger partial charge in [-0.3, -0.25) is 4.98 Å². The van der Waals surface area contributed by atoms with Gasteiger partial charge in [-0.15, -0.1) is 0 Å². The highest BCUT2D eigenvalue weighted by Gasteiger charge is 2.47. The fourth-order valence-electron chi connectivity index (χ4n) is 1.91. The standard InChI is InChI=1S/C12H16N2O2/c1-8-7-10(5-6-13-8)14-12(2,11(15)16)9-3-4-9/h5-7,9H,3-4H2,1-2H3,(H,13,14)(H,15,16). The van der Waals surface area contributed by atoms with Crippen LogP contribution < -0.4 is 5.32 Å². The first-order valence-electron chi connectivity index (χ1n) is 5.46. The van der Waals surface area contributed by atoms with Crippen molar-refractivity contribution in [1.29, 1.82) is 0 Å². The quantitative estimate of drug-likeness (QED) is 0.815. The van der Waals surface area contributed by atoms with Crippen molar-refractivity contribution < 1.29 is 9.90 Å². The van der Waals surface area contributed by atoms with Gasteiger partial charge in [0.25, 0.3) is 0 Å². The van der Waals surface area contributed by atoms with Crippen molar-refractivity contribution in [2.24, 2.45) is 5.92 Å². The molecule has 1 aliphatic carbocycles. The molecule has 2 N–H and O–H groups in total. The Morgan fingerprint density at radius 2 is 2.31 bits per heavy atom. The topological polar surface area (TPSA) is 62.2 Å². The smallest absolute Gasteiger partial charge is 0.329 e. The van der Waals surface area contributed by atoms with E-state index in [9.17, 15) is 9.90 Å². The molecule has 0 spiro atoms. The Labute approximate surface area is 94.7 Å². The van der Waals surface area contributed by atoms with E-state index in [2.05, 4.69) is 10.3 Å². The summed E-state index contributed by atoms with van der Waals surface area (Å²) in [6, 6.07) is 3.67. The van der Waals surface area contributed by atoms with E-state index in [0.29, 0.717) is 0 Å². The first kappa shape index (κ1) is 10.9. The SMILES string of the molecule is Cc1cc(NC(C)(C(=O)O)C2CC2)ccn1. The summed E-state index contributed by atoms with van der Waals surface area (Å²) >= 11 is 0. The molecule has 1 aromatic rings. The highest BCUT2D eigenvalue weighted by atomic mass is 16.4. The van der Waals surface area contributed by atoms with Crippen LogP contribution in [0.4, 0.5) is 5.69 Å². The Hall–Kier alpha value is -1.58. The third-order valence-electron chi connectivity index (χ3n) is 3.14. The average Bonchev–Trinajstić information content (AvgIpc) is 3.00. The second kappa shape index (κ2) is 3.77. The van der Waals surface area contributed by atoms with E-state index in [-0.39, 0.29) is 5.92 Å². The van der Waals surface area contributed by atoms with Crippen molar-refractivity contribution in [3.63, 3.8) is 0 Å². The van der Waals surface area contributed by atoms with Crippen molar-refractivity contribution >= 4 is 11.7 Å². The first-order valence-corrected chi connectivity index (χ1v) is 5.46. The first-order chi connectivity index (χ1) is 7.52. The summed E-state index contributed by atoms with van der Waals surface area (Å²) in [6.07, 6.45) is 3.66. The third-order valence-corrected chi connectivity index (χ3v) is 3.14. The van der Waals surface area contributed by atoms with Crippen molar-refractivity contribution in [2.75, 3.05) is 5.32 Å². The van der Waals surface area contributed by atoms with Crippen LogP contribution in [0.2, 0.25) is 0 Å². The lowest BCUT2D eigenvalue weighted by Gasteiger charge is -2.27. The van der Waals surface area contributed by atoms with Crippen molar-refractivity contribution in [3.05, 3.63) is 24.0 Å². The summed E-state index contributed by atoms with van der Waals surface area (Å²) in [7, 11) is 0. The molecule has 4 heteroatoms. The summed E-state index contributed by atoms with van der Waals surface area (Å²) in [4.78, 5) is 15.4. The number of hydrogen-bond donors (Lipinski definition) is 2. The molecule has 1 fully saturated rings. The molecule has 86 valence electrons. The highest BCUT2D eigenvalue weighted by Crippen LogP contribution is 2.41. The van der Waals surface area contributed by atoms with Crippen LogP contribution in [0, 0.1) is 12.8 Å². The lowest BCUT2D eigenvalue weighted by atomic mass is 9.95. The summed E-state index contributed by atoms with van der Waals surface area (Å²) in [5, 5.41) is 12.4. The van der Waals surface area contributed by atoms with E-state index in [0.717, 1.165) is 24.2 Å². The molecule has 0 saturated heterocycles. The zero-order chi connectivity index (χ0) is 11.8. The van der Waals surface area contributed by atoms with Crippen molar-refractivity contribution in [1.82, 2.24) is 4.98 Å². The van der Waals surface area contributed by atoms with Crippen LogP contribution in [0.5, 0.6) is 0 Å². The van der Waals surface area contributed by atoms with Crippen LogP contribution in [0.1, 0.15) is 25.5 Å². The monoisotopic (exact) mass is 220 g/mol. The number of carboxylic acids is 1. The molecule has 4 nitrogen and oxygen atoms in total. The molecule has 1 aliphatic rings. The maximum absolute atomic E-state index is 11.3. The zero-order valence-electron chi connectivity index (χ0n) is 9.53. The molecule has 0 aromatic carbocycles. The molecule has 0 aliphatic heterocycles. The number of aliphatic carboxylic acids is 1. The van der Waals surface area contributed by atoms with Crippen LogP contribution in [-0.4, -0.2) is 21.6 Å². The number of pyridine rings is 1. The normalized spacial score (nSPS) is 18.9. The van der Waals surface area contributed by atoms with Gasteiger partial charge in [0.2, 0.25) is 0 Å². The van der Waals surface area contributed by atoms with E-state index >= 15 is 0 Å². The van der Waals surface area contributed by atoms with E-state index in [1.54, 1.807) is 19.2 Å². The lowest BCUT2D eigenvalue weighted by Crippen LogP contribution is -2.45. The minimum absolute atomic E-state index is 0.235. The molecule has 1 aromatic heterocycles. The molecule has 1 unspecified atom stereocenters. The fourth-order valence-corrected chi connectivity index (χ4v) is 1.91. The van der Waals surface area contributed by atoms with Gasteiger partial charge in [0, 0.05) is 17.6 Å². The Bertz CT molecular complexity index is 415. The molecule has 0 bridgehead atoms. The maximum atomic E-state index is 11.3. The number of nitrogens with one attached hydrogen (secondary N) is 1. The zero-order valence-corrected chi connectivity index (χ0v) is 9.53. The van der Waals surface area contributed by atoms with Gasteiger partial charge >= 0.3 is 5.97 Å². The van der Waals surface area contributed by atoms with Gasteiger partial charge in [-0.1, -0.05) is 0 Å². The lowest BCUT2D eigenvalue weighted by molar-refractivity contribution is -0.142. The molecular formula is C12H16N2O2. The van der Waals surface area contributed by atoms with Crippen molar-refractivity contribution in [3.8, 4) is 0 Å². The predicted octanol–water partition coefficient (Wildman–Crippen LogP) is 2.06. The molecule has 0 amide bonds. The molecule has 1 atom stereocenters. The Balaban J connectivity index is 2.21. The molecule has 2 rings (SSSR count). The van der Waals surface area contributed by atoms with E-state index in [1.807, 2.05) is 13.0 Å². The van der Waals surface area contributed by atoms with Gasteiger partial charge in [-0.2, -0.15) is 0 Å². The largest absolute Gasteiger partial charge is 0.480 e. The number of hydrogen-bond acceptors (Lipinski definition) is 3. The number of anilines is 1. The summed E-state index contributed by atoms with van der Waals surface area (Å²) in [5.41, 5.74) is 0.853. The van der Waals surface area contributed by atoms with Crippen LogP contribution in [0.15, 0.2) is 18.3 Å². The number of aromatic nitrogens is 1. The summed E-state index contributed by atoms with van der Waals surface area (Å²) in [6.45, 7) is 3.64. The second-order valence-electron chi connectivity index (χ2n) is 4.59.